The molecule has 0 unspecified atom stereocenters. The van der Waals surface area contributed by atoms with Crippen molar-refractivity contribution in [2.45, 2.75) is 31.3 Å². The molecule has 0 spiro atoms. The van der Waals surface area contributed by atoms with Gasteiger partial charge >= 0.3 is 0 Å². The lowest BCUT2D eigenvalue weighted by molar-refractivity contribution is -0.0335. The molecular weight excluding hydrogens is 362 g/mol. The van der Waals surface area contributed by atoms with Gasteiger partial charge in [-0.3, -0.25) is 4.40 Å². The van der Waals surface area contributed by atoms with Crippen LogP contribution in [0.4, 0.5) is 17.2 Å². The van der Waals surface area contributed by atoms with E-state index in [1.807, 2.05) is 72.1 Å². The number of nitrogens with zero attached hydrogens (tertiary/aromatic N) is 3. The molecule has 4 aromatic rings. The van der Waals surface area contributed by atoms with Crippen molar-refractivity contribution in [3.63, 3.8) is 0 Å². The van der Waals surface area contributed by atoms with Gasteiger partial charge in [0.2, 0.25) is 0 Å². The third kappa shape index (κ3) is 3.21. The Labute approximate surface area is 169 Å². The molecule has 146 valence electrons. The van der Waals surface area contributed by atoms with E-state index in [-0.39, 0.29) is 5.92 Å². The van der Waals surface area contributed by atoms with Crippen molar-refractivity contribution >= 4 is 22.7 Å². The summed E-state index contributed by atoms with van der Waals surface area (Å²) in [5.41, 5.74) is 10.3. The Kier molecular flexibility index (Phi) is 4.03. The van der Waals surface area contributed by atoms with Gasteiger partial charge in [-0.1, -0.05) is 30.3 Å². The lowest BCUT2D eigenvalue weighted by atomic mass is 9.72. The van der Waals surface area contributed by atoms with Gasteiger partial charge in [0.05, 0.1) is 5.60 Å². The number of fused-ring (bicyclic) bond motifs is 1. The number of para-hydroxylation sites is 1. The molecule has 5 rings (SSSR count). The smallest absolute Gasteiger partial charge is 0.150 e. The van der Waals surface area contributed by atoms with Crippen LogP contribution < -0.4 is 11.1 Å². The van der Waals surface area contributed by atoms with Crippen LogP contribution in [0.5, 0.6) is 0 Å². The molecule has 4 N–H and O–H groups in total. The lowest BCUT2D eigenvalue weighted by Gasteiger charge is -2.40. The van der Waals surface area contributed by atoms with E-state index in [9.17, 15) is 5.11 Å². The highest BCUT2D eigenvalue weighted by Crippen LogP contribution is 2.45. The molecule has 2 aromatic carbocycles. The summed E-state index contributed by atoms with van der Waals surface area (Å²) in [6.45, 7) is 1.87. The van der Waals surface area contributed by atoms with Crippen molar-refractivity contribution in [3.05, 3.63) is 72.8 Å². The Balaban J connectivity index is 1.51. The predicted octanol–water partition coefficient (Wildman–Crippen LogP) is 4.35. The van der Waals surface area contributed by atoms with Crippen LogP contribution in [0.2, 0.25) is 0 Å². The maximum absolute atomic E-state index is 10.2. The van der Waals surface area contributed by atoms with Gasteiger partial charge in [-0.25, -0.2) is 9.97 Å². The quantitative estimate of drug-likeness (QED) is 0.486. The van der Waals surface area contributed by atoms with Crippen molar-refractivity contribution in [1.82, 2.24) is 14.4 Å². The predicted molar refractivity (Wildman–Crippen MR) is 115 cm³/mol. The number of anilines is 3. The van der Waals surface area contributed by atoms with Crippen LogP contribution in [-0.2, 0) is 0 Å². The van der Waals surface area contributed by atoms with Gasteiger partial charge in [-0.2, -0.15) is 0 Å². The van der Waals surface area contributed by atoms with Crippen molar-refractivity contribution in [1.29, 1.82) is 0 Å². The molecular formula is C23H23N5O. The Bertz CT molecular complexity index is 1160. The van der Waals surface area contributed by atoms with Crippen LogP contribution in [0, 0.1) is 0 Å². The average Bonchev–Trinajstić information content (AvgIpc) is 3.08. The van der Waals surface area contributed by atoms with Crippen molar-refractivity contribution in [2.24, 2.45) is 0 Å². The molecule has 6 nitrogen and oxygen atoms in total. The molecule has 2 heterocycles. The first-order valence-corrected chi connectivity index (χ1v) is 9.77. The number of imidazole rings is 1. The van der Waals surface area contributed by atoms with E-state index >= 15 is 0 Å². The SMILES string of the molecule is CC1(O)CC(c2nc(-c3ccc(Nc4ccccc4)cc3)c3c(N)nccn23)C1. The van der Waals surface area contributed by atoms with E-state index in [1.54, 1.807) is 6.20 Å². The number of nitrogens with two attached hydrogens (primary N) is 1. The summed E-state index contributed by atoms with van der Waals surface area (Å²) in [5.74, 6) is 1.60. The Morgan fingerprint density at radius 1 is 1.07 bits per heavy atom. The fraction of sp³-hybridized carbons (Fsp3) is 0.217. The minimum atomic E-state index is -0.611. The topological polar surface area (TPSA) is 88.5 Å². The van der Waals surface area contributed by atoms with Crippen LogP contribution in [-0.4, -0.2) is 25.1 Å². The first-order chi connectivity index (χ1) is 14.0. The maximum atomic E-state index is 10.2. The Hall–Kier alpha value is -3.38. The standard InChI is InChI=1S/C23H23N5O/c1-23(29)13-16(14-23)22-27-19(20-21(24)25-11-12-28(20)22)15-7-9-18(10-8-15)26-17-5-3-2-4-6-17/h2-12,16,26,29H,13-14H2,1H3,(H2,24,25). The number of aliphatic hydroxyl groups is 1. The first-order valence-electron chi connectivity index (χ1n) is 9.77. The fourth-order valence-corrected chi connectivity index (χ4v) is 4.16. The molecule has 1 aliphatic carbocycles. The first kappa shape index (κ1) is 17.7. The van der Waals surface area contributed by atoms with Crippen LogP contribution >= 0.6 is 0 Å². The fourth-order valence-electron chi connectivity index (χ4n) is 4.16. The minimum absolute atomic E-state index is 0.215. The third-order valence-corrected chi connectivity index (χ3v) is 5.57. The Morgan fingerprint density at radius 3 is 2.45 bits per heavy atom. The van der Waals surface area contributed by atoms with Gasteiger partial charge in [0.25, 0.3) is 0 Å². The molecule has 1 aliphatic rings. The molecule has 0 aliphatic heterocycles. The van der Waals surface area contributed by atoms with Crippen LogP contribution in [0.3, 0.4) is 0 Å². The summed E-state index contributed by atoms with van der Waals surface area (Å²) in [4.78, 5) is 9.20. The number of rotatable bonds is 4. The van der Waals surface area contributed by atoms with Crippen molar-refractivity contribution < 1.29 is 5.11 Å². The zero-order valence-corrected chi connectivity index (χ0v) is 16.2. The van der Waals surface area contributed by atoms with Crippen molar-refractivity contribution in [2.75, 3.05) is 11.1 Å². The number of aromatic nitrogens is 3. The number of hydrogen-bond acceptors (Lipinski definition) is 5. The molecule has 0 amide bonds. The van der Waals surface area contributed by atoms with E-state index in [4.69, 9.17) is 10.7 Å². The molecule has 0 saturated heterocycles. The monoisotopic (exact) mass is 385 g/mol. The maximum Gasteiger partial charge on any atom is 0.150 e. The second-order valence-corrected chi connectivity index (χ2v) is 8.02. The van der Waals surface area contributed by atoms with E-state index in [0.29, 0.717) is 18.7 Å². The number of nitrogen functional groups attached to an aromatic ring is 1. The zero-order chi connectivity index (χ0) is 20.0. The van der Waals surface area contributed by atoms with Crippen LogP contribution in [0.15, 0.2) is 67.0 Å². The van der Waals surface area contributed by atoms with Gasteiger partial charge in [-0.05, 0) is 44.0 Å². The molecule has 2 aromatic heterocycles. The van der Waals surface area contributed by atoms with Gasteiger partial charge in [0.1, 0.15) is 22.9 Å². The number of nitrogens with one attached hydrogen (secondary N) is 1. The summed E-state index contributed by atoms with van der Waals surface area (Å²) in [7, 11) is 0. The highest BCUT2D eigenvalue weighted by Gasteiger charge is 2.41. The van der Waals surface area contributed by atoms with E-state index in [2.05, 4.69) is 10.3 Å². The second-order valence-electron chi connectivity index (χ2n) is 8.02. The molecule has 0 atom stereocenters. The molecule has 1 fully saturated rings. The third-order valence-electron chi connectivity index (χ3n) is 5.57. The van der Waals surface area contributed by atoms with Gasteiger partial charge in [0, 0.05) is 35.2 Å². The highest BCUT2D eigenvalue weighted by molar-refractivity contribution is 5.86. The number of hydrogen-bond donors (Lipinski definition) is 3. The molecule has 0 bridgehead atoms. The molecule has 0 radical (unpaired) electrons. The average molecular weight is 385 g/mol. The second kappa shape index (κ2) is 6.60. The normalized spacial score (nSPS) is 21.1. The summed E-state index contributed by atoms with van der Waals surface area (Å²) < 4.78 is 2.02. The summed E-state index contributed by atoms with van der Waals surface area (Å²) in [5, 5.41) is 13.6. The van der Waals surface area contributed by atoms with E-state index in [0.717, 1.165) is 34.0 Å². The minimum Gasteiger partial charge on any atom is -0.390 e. The molecule has 1 saturated carbocycles. The van der Waals surface area contributed by atoms with Crippen LogP contribution in [0.25, 0.3) is 16.8 Å². The number of benzene rings is 2. The largest absolute Gasteiger partial charge is 0.390 e. The van der Waals surface area contributed by atoms with E-state index in [1.165, 1.54) is 0 Å². The lowest BCUT2D eigenvalue weighted by Crippen LogP contribution is -2.40. The van der Waals surface area contributed by atoms with Gasteiger partial charge in [-0.15, -0.1) is 0 Å². The highest BCUT2D eigenvalue weighted by atomic mass is 16.3. The van der Waals surface area contributed by atoms with Crippen LogP contribution in [0.1, 0.15) is 31.5 Å². The molecule has 6 heteroatoms. The zero-order valence-electron chi connectivity index (χ0n) is 16.2. The van der Waals surface area contributed by atoms with E-state index < -0.39 is 5.60 Å². The molecule has 29 heavy (non-hydrogen) atoms. The Morgan fingerprint density at radius 2 is 1.76 bits per heavy atom. The van der Waals surface area contributed by atoms with Gasteiger partial charge < -0.3 is 16.2 Å². The summed E-state index contributed by atoms with van der Waals surface area (Å²) in [6.07, 6.45) is 5.00. The summed E-state index contributed by atoms with van der Waals surface area (Å²) >= 11 is 0. The summed E-state index contributed by atoms with van der Waals surface area (Å²) in [6, 6.07) is 18.2. The van der Waals surface area contributed by atoms with Gasteiger partial charge in [0.15, 0.2) is 0 Å². The van der Waals surface area contributed by atoms with Crippen molar-refractivity contribution in [3.8, 4) is 11.3 Å².